The van der Waals surface area contributed by atoms with Gasteiger partial charge in [-0.25, -0.2) is 0 Å². The molecule has 0 atom stereocenters. The highest BCUT2D eigenvalue weighted by molar-refractivity contribution is 5.95. The molecule has 104 valence electrons. The molecular weight excluding hydrogens is 252 g/mol. The average Bonchev–Trinajstić information content (AvgIpc) is 2.52. The number of hydrogen-bond acceptors (Lipinski definition) is 3. The molecule has 4 nitrogen and oxygen atoms in total. The van der Waals surface area contributed by atoms with Crippen molar-refractivity contribution in [3.05, 3.63) is 48.2 Å². The van der Waals surface area contributed by atoms with Gasteiger partial charge in [0.1, 0.15) is 5.75 Å². The lowest BCUT2D eigenvalue weighted by Gasteiger charge is -2.06. The van der Waals surface area contributed by atoms with Crippen LogP contribution in [0.2, 0.25) is 0 Å². The Morgan fingerprint density at radius 3 is 2.65 bits per heavy atom. The Balaban J connectivity index is 2.22. The van der Waals surface area contributed by atoms with Crippen molar-refractivity contribution >= 4 is 5.91 Å². The molecule has 1 amide bonds. The van der Waals surface area contributed by atoms with Gasteiger partial charge >= 0.3 is 0 Å². The molecule has 0 bridgehead atoms. The van der Waals surface area contributed by atoms with Gasteiger partial charge in [-0.2, -0.15) is 0 Å². The van der Waals surface area contributed by atoms with E-state index in [1.165, 1.54) is 0 Å². The molecule has 0 aliphatic rings. The summed E-state index contributed by atoms with van der Waals surface area (Å²) in [6, 6.07) is 11.1. The SMILES string of the molecule is CCCNC(=O)c1ccnc(-c2ccc(OC)cc2)c1. The Kier molecular flexibility index (Phi) is 4.71. The van der Waals surface area contributed by atoms with Crippen LogP contribution < -0.4 is 10.1 Å². The monoisotopic (exact) mass is 270 g/mol. The molecule has 1 aromatic carbocycles. The molecule has 20 heavy (non-hydrogen) atoms. The molecular formula is C16H18N2O2. The number of benzene rings is 1. The number of hydrogen-bond donors (Lipinski definition) is 1. The predicted molar refractivity (Wildman–Crippen MR) is 78.8 cm³/mol. The number of ether oxygens (including phenoxy) is 1. The van der Waals surface area contributed by atoms with Gasteiger partial charge < -0.3 is 10.1 Å². The van der Waals surface area contributed by atoms with Crippen molar-refractivity contribution in [3.63, 3.8) is 0 Å². The van der Waals surface area contributed by atoms with Gasteiger partial charge in [0.15, 0.2) is 0 Å². The summed E-state index contributed by atoms with van der Waals surface area (Å²) in [5, 5.41) is 2.86. The highest BCUT2D eigenvalue weighted by Gasteiger charge is 2.07. The van der Waals surface area contributed by atoms with E-state index in [1.807, 2.05) is 31.2 Å². The molecule has 1 aromatic heterocycles. The first-order valence-corrected chi connectivity index (χ1v) is 6.63. The lowest BCUT2D eigenvalue weighted by atomic mass is 10.1. The first-order valence-electron chi connectivity index (χ1n) is 6.63. The summed E-state index contributed by atoms with van der Waals surface area (Å²) >= 11 is 0. The zero-order valence-corrected chi connectivity index (χ0v) is 11.7. The Bertz CT molecular complexity index is 579. The van der Waals surface area contributed by atoms with E-state index in [2.05, 4.69) is 10.3 Å². The van der Waals surface area contributed by atoms with Crippen LogP contribution in [0.25, 0.3) is 11.3 Å². The summed E-state index contributed by atoms with van der Waals surface area (Å²) in [5.74, 6) is 0.731. The molecule has 0 unspecified atom stereocenters. The predicted octanol–water partition coefficient (Wildman–Crippen LogP) is 2.90. The zero-order valence-electron chi connectivity index (χ0n) is 11.7. The van der Waals surface area contributed by atoms with Crippen molar-refractivity contribution in [2.75, 3.05) is 13.7 Å². The van der Waals surface area contributed by atoms with Gasteiger partial charge in [-0.3, -0.25) is 9.78 Å². The molecule has 0 saturated heterocycles. The number of rotatable bonds is 5. The van der Waals surface area contributed by atoms with Crippen molar-refractivity contribution in [1.29, 1.82) is 0 Å². The number of nitrogens with zero attached hydrogens (tertiary/aromatic N) is 1. The van der Waals surface area contributed by atoms with E-state index in [4.69, 9.17) is 4.74 Å². The summed E-state index contributed by atoms with van der Waals surface area (Å²) in [7, 11) is 1.63. The minimum Gasteiger partial charge on any atom is -0.497 e. The maximum absolute atomic E-state index is 11.9. The molecule has 4 heteroatoms. The summed E-state index contributed by atoms with van der Waals surface area (Å²) in [6.07, 6.45) is 2.57. The molecule has 0 aliphatic carbocycles. The van der Waals surface area contributed by atoms with Gasteiger partial charge in [-0.1, -0.05) is 6.92 Å². The minimum atomic E-state index is -0.0657. The summed E-state index contributed by atoms with van der Waals surface area (Å²) in [6.45, 7) is 2.70. The fourth-order valence-electron chi connectivity index (χ4n) is 1.83. The second-order valence-corrected chi connectivity index (χ2v) is 4.41. The molecule has 1 N–H and O–H groups in total. The van der Waals surface area contributed by atoms with Crippen LogP contribution >= 0.6 is 0 Å². The standard InChI is InChI=1S/C16H18N2O2/c1-3-9-18-16(19)13-8-10-17-15(11-13)12-4-6-14(20-2)7-5-12/h4-8,10-11H,3,9H2,1-2H3,(H,18,19). The Morgan fingerprint density at radius 2 is 2.00 bits per heavy atom. The van der Waals surface area contributed by atoms with Crippen LogP contribution in [-0.2, 0) is 0 Å². The van der Waals surface area contributed by atoms with Crippen LogP contribution in [0.4, 0.5) is 0 Å². The molecule has 0 radical (unpaired) electrons. The number of pyridine rings is 1. The number of carbonyl (C=O) groups excluding carboxylic acids is 1. The topological polar surface area (TPSA) is 51.2 Å². The normalized spacial score (nSPS) is 10.1. The highest BCUT2D eigenvalue weighted by atomic mass is 16.5. The van der Waals surface area contributed by atoms with Gasteiger partial charge in [-0.15, -0.1) is 0 Å². The van der Waals surface area contributed by atoms with E-state index in [0.717, 1.165) is 23.4 Å². The largest absolute Gasteiger partial charge is 0.497 e. The first kappa shape index (κ1) is 14.1. The minimum absolute atomic E-state index is 0.0657. The molecule has 0 fully saturated rings. The molecule has 2 rings (SSSR count). The molecule has 1 heterocycles. The fourth-order valence-corrected chi connectivity index (χ4v) is 1.83. The molecule has 2 aromatic rings. The number of aromatic nitrogens is 1. The smallest absolute Gasteiger partial charge is 0.251 e. The third kappa shape index (κ3) is 3.35. The first-order chi connectivity index (χ1) is 9.74. The van der Waals surface area contributed by atoms with Crippen LogP contribution in [0.15, 0.2) is 42.6 Å². The van der Waals surface area contributed by atoms with E-state index in [9.17, 15) is 4.79 Å². The number of methoxy groups -OCH3 is 1. The van der Waals surface area contributed by atoms with Gasteiger partial charge in [0, 0.05) is 23.9 Å². The van der Waals surface area contributed by atoms with Gasteiger partial charge in [0.05, 0.1) is 12.8 Å². The van der Waals surface area contributed by atoms with Crippen LogP contribution in [0.5, 0.6) is 5.75 Å². The lowest BCUT2D eigenvalue weighted by molar-refractivity contribution is 0.0953. The van der Waals surface area contributed by atoms with Gasteiger partial charge in [-0.05, 0) is 42.8 Å². The summed E-state index contributed by atoms with van der Waals surface area (Å²) in [4.78, 5) is 16.2. The fraction of sp³-hybridized carbons (Fsp3) is 0.250. The summed E-state index contributed by atoms with van der Waals surface area (Å²) < 4.78 is 5.13. The van der Waals surface area contributed by atoms with Gasteiger partial charge in [0.2, 0.25) is 0 Å². The molecule has 0 aliphatic heterocycles. The van der Waals surface area contributed by atoms with E-state index in [1.54, 1.807) is 25.4 Å². The van der Waals surface area contributed by atoms with Crippen LogP contribution in [0.1, 0.15) is 23.7 Å². The van der Waals surface area contributed by atoms with Crippen molar-refractivity contribution in [2.24, 2.45) is 0 Å². The average molecular weight is 270 g/mol. The van der Waals surface area contributed by atoms with Crippen LogP contribution in [0.3, 0.4) is 0 Å². The van der Waals surface area contributed by atoms with E-state index in [-0.39, 0.29) is 5.91 Å². The van der Waals surface area contributed by atoms with E-state index >= 15 is 0 Å². The van der Waals surface area contributed by atoms with Crippen molar-refractivity contribution in [3.8, 4) is 17.0 Å². The number of nitrogens with one attached hydrogen (secondary N) is 1. The third-order valence-electron chi connectivity index (χ3n) is 2.94. The Labute approximate surface area is 118 Å². The maximum Gasteiger partial charge on any atom is 0.251 e. The van der Waals surface area contributed by atoms with Crippen molar-refractivity contribution in [2.45, 2.75) is 13.3 Å². The lowest BCUT2D eigenvalue weighted by Crippen LogP contribution is -2.23. The Hall–Kier alpha value is -2.36. The second-order valence-electron chi connectivity index (χ2n) is 4.41. The maximum atomic E-state index is 11.9. The van der Waals surface area contributed by atoms with Crippen molar-refractivity contribution in [1.82, 2.24) is 10.3 Å². The zero-order chi connectivity index (χ0) is 14.4. The van der Waals surface area contributed by atoms with Crippen molar-refractivity contribution < 1.29 is 9.53 Å². The third-order valence-corrected chi connectivity index (χ3v) is 2.94. The molecule has 0 saturated carbocycles. The van der Waals surface area contributed by atoms with Crippen LogP contribution in [0, 0.1) is 0 Å². The van der Waals surface area contributed by atoms with E-state index in [0.29, 0.717) is 12.1 Å². The number of amides is 1. The number of carbonyl (C=O) groups is 1. The van der Waals surface area contributed by atoms with Gasteiger partial charge in [0.25, 0.3) is 5.91 Å². The highest BCUT2D eigenvalue weighted by Crippen LogP contribution is 2.21. The summed E-state index contributed by atoms with van der Waals surface area (Å²) in [5.41, 5.74) is 2.35. The quantitative estimate of drug-likeness (QED) is 0.909. The Morgan fingerprint density at radius 1 is 1.25 bits per heavy atom. The second kappa shape index (κ2) is 6.70. The molecule has 0 spiro atoms. The van der Waals surface area contributed by atoms with Crippen LogP contribution in [-0.4, -0.2) is 24.5 Å². The van der Waals surface area contributed by atoms with E-state index < -0.39 is 0 Å².